The van der Waals surface area contributed by atoms with Gasteiger partial charge in [-0.25, -0.2) is 0 Å². The number of fused-ring (bicyclic) bond motifs is 7. The fourth-order valence-corrected chi connectivity index (χ4v) is 5.44. The molecule has 5 rings (SSSR count). The summed E-state index contributed by atoms with van der Waals surface area (Å²) in [5.74, 6) is 0. The van der Waals surface area contributed by atoms with E-state index < -0.39 is 0 Å². The van der Waals surface area contributed by atoms with Gasteiger partial charge in [-0.2, -0.15) is 0 Å². The smallest absolute Gasteiger partial charge is 0.151 e. The summed E-state index contributed by atoms with van der Waals surface area (Å²) in [5, 5.41) is 15.2. The van der Waals surface area contributed by atoms with E-state index >= 15 is 0 Å². The maximum absolute atomic E-state index is 12.6. The van der Waals surface area contributed by atoms with Gasteiger partial charge in [0.05, 0.1) is 12.1 Å². The van der Waals surface area contributed by atoms with Gasteiger partial charge in [0.2, 0.25) is 0 Å². The Hall–Kier alpha value is -2.99. The van der Waals surface area contributed by atoms with Crippen LogP contribution in [0.25, 0.3) is 32.9 Å². The van der Waals surface area contributed by atoms with Crippen molar-refractivity contribution in [3.8, 4) is 11.1 Å². The summed E-state index contributed by atoms with van der Waals surface area (Å²) in [6, 6.07) is 14.9. The number of aliphatic hydroxyl groups excluding tert-OH is 1. The number of aryl methyl sites for hydroxylation is 1. The molecule has 170 valence electrons. The van der Waals surface area contributed by atoms with Crippen molar-refractivity contribution < 1.29 is 14.6 Å². The van der Waals surface area contributed by atoms with Crippen LogP contribution in [0.15, 0.2) is 42.5 Å². The van der Waals surface area contributed by atoms with Crippen molar-refractivity contribution in [2.24, 2.45) is 0 Å². The van der Waals surface area contributed by atoms with Crippen molar-refractivity contribution in [2.45, 2.75) is 39.5 Å². The molecule has 5 heteroatoms. The third kappa shape index (κ3) is 3.48. The lowest BCUT2D eigenvalue weighted by molar-refractivity contribution is 0.112. The molecular formula is C28H30N2O3. The van der Waals surface area contributed by atoms with Gasteiger partial charge in [0.15, 0.2) is 6.29 Å². The standard InChI is InChI=1S/C28H30N2O3/c1-3-33-17-18-9-10-25-21(13-18)27-23(15-29-2)24(16-32)26-20-8-5-4-7-19(20)14-22(26)28(27)30(25)11-6-12-31/h4-5,7-10,13,16,29,31H,3,6,11-12,14-15,17H2,1-2H3. The molecule has 4 aromatic rings. The Bertz CT molecular complexity index is 1350. The Morgan fingerprint density at radius 2 is 2.06 bits per heavy atom. The molecule has 1 aromatic heterocycles. The average Bonchev–Trinajstić information content (AvgIpc) is 3.37. The minimum absolute atomic E-state index is 0.141. The van der Waals surface area contributed by atoms with Gasteiger partial charge >= 0.3 is 0 Å². The molecule has 5 nitrogen and oxygen atoms in total. The maximum atomic E-state index is 12.6. The van der Waals surface area contributed by atoms with Gasteiger partial charge in [-0.3, -0.25) is 4.79 Å². The van der Waals surface area contributed by atoms with Crippen molar-refractivity contribution in [3.05, 3.63) is 70.3 Å². The molecule has 0 fully saturated rings. The Morgan fingerprint density at radius 3 is 2.82 bits per heavy atom. The van der Waals surface area contributed by atoms with Crippen LogP contribution in [0, 0.1) is 0 Å². The van der Waals surface area contributed by atoms with E-state index in [0.29, 0.717) is 26.2 Å². The summed E-state index contributed by atoms with van der Waals surface area (Å²) in [6.07, 6.45) is 2.52. The molecule has 1 heterocycles. The zero-order chi connectivity index (χ0) is 22.9. The van der Waals surface area contributed by atoms with E-state index in [-0.39, 0.29) is 6.61 Å². The normalized spacial score (nSPS) is 12.5. The predicted octanol–water partition coefficient (Wildman–Crippen LogP) is 4.82. The zero-order valence-electron chi connectivity index (χ0n) is 19.3. The summed E-state index contributed by atoms with van der Waals surface area (Å²) in [6.45, 7) is 4.71. The van der Waals surface area contributed by atoms with Gasteiger partial charge in [0.1, 0.15) is 0 Å². The van der Waals surface area contributed by atoms with Crippen LogP contribution in [-0.4, -0.2) is 36.2 Å². The average molecular weight is 443 g/mol. The molecule has 0 saturated heterocycles. The molecule has 0 aliphatic heterocycles. The first-order chi connectivity index (χ1) is 16.2. The van der Waals surface area contributed by atoms with Crippen LogP contribution in [0.3, 0.4) is 0 Å². The molecule has 0 bridgehead atoms. The summed E-state index contributed by atoms with van der Waals surface area (Å²) in [5.41, 5.74) is 9.98. The highest BCUT2D eigenvalue weighted by molar-refractivity contribution is 6.16. The molecule has 1 aliphatic carbocycles. The highest BCUT2D eigenvalue weighted by atomic mass is 16.5. The number of hydrogen-bond acceptors (Lipinski definition) is 4. The van der Waals surface area contributed by atoms with Crippen LogP contribution in [0.5, 0.6) is 0 Å². The number of rotatable bonds is 9. The molecule has 33 heavy (non-hydrogen) atoms. The first kappa shape index (κ1) is 21.8. The van der Waals surface area contributed by atoms with Gasteiger partial charge in [-0.1, -0.05) is 30.3 Å². The number of aromatic nitrogens is 1. The second-order valence-electron chi connectivity index (χ2n) is 8.67. The van der Waals surface area contributed by atoms with E-state index in [1.54, 1.807) is 0 Å². The van der Waals surface area contributed by atoms with Crippen LogP contribution in [0.2, 0.25) is 0 Å². The predicted molar refractivity (Wildman–Crippen MR) is 133 cm³/mol. The number of carbonyl (C=O) groups is 1. The van der Waals surface area contributed by atoms with E-state index in [0.717, 1.165) is 63.4 Å². The Balaban J connectivity index is 1.92. The highest BCUT2D eigenvalue weighted by Gasteiger charge is 2.30. The molecule has 0 amide bonds. The molecule has 1 aliphatic rings. The first-order valence-corrected chi connectivity index (χ1v) is 11.7. The number of ether oxygens (including phenoxy) is 1. The van der Waals surface area contributed by atoms with E-state index in [9.17, 15) is 9.90 Å². The van der Waals surface area contributed by atoms with Crippen molar-refractivity contribution in [1.29, 1.82) is 0 Å². The Morgan fingerprint density at radius 1 is 1.21 bits per heavy atom. The van der Waals surface area contributed by atoms with Crippen LogP contribution < -0.4 is 5.32 Å². The molecule has 0 unspecified atom stereocenters. The minimum atomic E-state index is 0.141. The fourth-order valence-electron chi connectivity index (χ4n) is 5.44. The van der Waals surface area contributed by atoms with E-state index in [1.165, 1.54) is 16.6 Å². The zero-order valence-corrected chi connectivity index (χ0v) is 19.3. The lowest BCUT2D eigenvalue weighted by Crippen LogP contribution is -2.10. The number of nitrogens with one attached hydrogen (secondary N) is 1. The molecule has 0 spiro atoms. The van der Waals surface area contributed by atoms with Crippen LogP contribution in [-0.2, 0) is 30.9 Å². The minimum Gasteiger partial charge on any atom is -0.396 e. The summed E-state index contributed by atoms with van der Waals surface area (Å²) < 4.78 is 8.03. The molecule has 3 aromatic carbocycles. The molecular weight excluding hydrogens is 412 g/mol. The van der Waals surface area contributed by atoms with E-state index in [1.807, 2.05) is 20.0 Å². The summed E-state index contributed by atoms with van der Waals surface area (Å²) >= 11 is 0. The number of aldehydes is 1. The second kappa shape index (κ2) is 9.10. The lowest BCUT2D eigenvalue weighted by Gasteiger charge is -2.16. The first-order valence-electron chi connectivity index (χ1n) is 11.7. The third-order valence-corrected chi connectivity index (χ3v) is 6.75. The molecule has 0 atom stereocenters. The third-order valence-electron chi connectivity index (χ3n) is 6.75. The van der Waals surface area contributed by atoms with Crippen molar-refractivity contribution in [1.82, 2.24) is 9.88 Å². The maximum Gasteiger partial charge on any atom is 0.151 e. The van der Waals surface area contributed by atoms with Crippen LogP contribution in [0.4, 0.5) is 0 Å². The monoisotopic (exact) mass is 442 g/mol. The number of carbonyl (C=O) groups excluding carboxylic acids is 1. The summed E-state index contributed by atoms with van der Waals surface area (Å²) in [4.78, 5) is 12.6. The van der Waals surface area contributed by atoms with Crippen molar-refractivity contribution in [2.75, 3.05) is 20.3 Å². The largest absolute Gasteiger partial charge is 0.396 e. The number of benzene rings is 3. The van der Waals surface area contributed by atoms with Crippen molar-refractivity contribution in [3.63, 3.8) is 0 Å². The second-order valence-corrected chi connectivity index (χ2v) is 8.67. The Labute approximate surface area is 194 Å². The van der Waals surface area contributed by atoms with Crippen LogP contribution in [0.1, 0.15) is 46.0 Å². The summed E-state index contributed by atoms with van der Waals surface area (Å²) in [7, 11) is 1.92. The molecule has 0 radical (unpaired) electrons. The highest BCUT2D eigenvalue weighted by Crippen LogP contribution is 2.47. The van der Waals surface area contributed by atoms with E-state index in [4.69, 9.17) is 4.74 Å². The number of nitrogens with zero attached hydrogens (tertiary/aromatic N) is 1. The van der Waals surface area contributed by atoms with E-state index in [2.05, 4.69) is 46.3 Å². The van der Waals surface area contributed by atoms with Crippen LogP contribution >= 0.6 is 0 Å². The number of hydrogen-bond donors (Lipinski definition) is 2. The molecule has 2 N–H and O–H groups in total. The fraction of sp³-hybridized carbons (Fsp3) is 0.321. The topological polar surface area (TPSA) is 63.5 Å². The lowest BCUT2D eigenvalue weighted by atomic mass is 9.91. The quantitative estimate of drug-likeness (QED) is 0.321. The van der Waals surface area contributed by atoms with Crippen molar-refractivity contribution >= 4 is 28.1 Å². The molecule has 0 saturated carbocycles. The Kier molecular flexibility index (Phi) is 6.02. The van der Waals surface area contributed by atoms with Gasteiger partial charge in [-0.15, -0.1) is 0 Å². The number of aliphatic hydroxyl groups is 1. The van der Waals surface area contributed by atoms with Gasteiger partial charge in [-0.05, 0) is 65.9 Å². The van der Waals surface area contributed by atoms with Gasteiger partial charge in [0.25, 0.3) is 0 Å². The SMILES string of the molecule is CCOCc1ccc2c(c1)c1c(CNC)c(C=O)c3c(c1n2CCCO)Cc1ccccc1-3. The van der Waals surface area contributed by atoms with Gasteiger partial charge in [0, 0.05) is 54.6 Å². The van der Waals surface area contributed by atoms with Gasteiger partial charge < -0.3 is 19.7 Å².